The Balaban J connectivity index is 1.35. The molecule has 4 rings (SSSR count). The van der Waals surface area contributed by atoms with Crippen molar-refractivity contribution in [2.24, 2.45) is 0 Å². The van der Waals surface area contributed by atoms with Crippen LogP contribution in [0.15, 0.2) is 53.9 Å². The molecule has 1 aliphatic heterocycles. The summed E-state index contributed by atoms with van der Waals surface area (Å²) in [4.78, 5) is 19.4. The van der Waals surface area contributed by atoms with Gasteiger partial charge in [0, 0.05) is 42.1 Å². The number of carbonyl (C=O) groups is 1. The summed E-state index contributed by atoms with van der Waals surface area (Å²) < 4.78 is 5.42. The van der Waals surface area contributed by atoms with Gasteiger partial charge in [0.15, 0.2) is 0 Å². The average Bonchev–Trinajstić information content (AvgIpc) is 3.23. The number of hydrogen-bond acceptors (Lipinski definition) is 5. The van der Waals surface area contributed by atoms with Gasteiger partial charge >= 0.3 is 0 Å². The molecule has 0 atom stereocenters. The van der Waals surface area contributed by atoms with Crippen molar-refractivity contribution < 1.29 is 9.53 Å². The summed E-state index contributed by atoms with van der Waals surface area (Å²) in [6.07, 6.45) is 0.258. The van der Waals surface area contributed by atoms with Crippen molar-refractivity contribution in [3.8, 4) is 10.6 Å². The van der Waals surface area contributed by atoms with Crippen LogP contribution in [-0.4, -0.2) is 42.1 Å². The summed E-state index contributed by atoms with van der Waals surface area (Å²) in [5, 5.41) is 6.47. The van der Waals surface area contributed by atoms with E-state index in [0.29, 0.717) is 11.6 Å². The zero-order chi connectivity index (χ0) is 20.8. The highest BCUT2D eigenvalue weighted by atomic mass is 35.5. The third-order valence-corrected chi connectivity index (χ3v) is 6.32. The molecule has 1 aliphatic rings. The van der Waals surface area contributed by atoms with Crippen molar-refractivity contribution in [2.75, 3.05) is 26.3 Å². The lowest BCUT2D eigenvalue weighted by Crippen LogP contribution is -2.35. The first-order chi connectivity index (χ1) is 14.7. The van der Waals surface area contributed by atoms with Crippen LogP contribution in [0.4, 0.5) is 0 Å². The summed E-state index contributed by atoms with van der Waals surface area (Å²) >= 11 is 7.71. The molecule has 2 heterocycles. The minimum atomic E-state index is -0.0622. The average molecular weight is 442 g/mol. The van der Waals surface area contributed by atoms with E-state index in [2.05, 4.69) is 39.5 Å². The van der Waals surface area contributed by atoms with Gasteiger partial charge in [-0.1, -0.05) is 48.0 Å². The van der Waals surface area contributed by atoms with Crippen molar-refractivity contribution in [3.63, 3.8) is 0 Å². The molecule has 7 heteroatoms. The van der Waals surface area contributed by atoms with E-state index >= 15 is 0 Å². The van der Waals surface area contributed by atoms with Crippen LogP contribution in [0.5, 0.6) is 0 Å². The molecular weight excluding hydrogens is 418 g/mol. The maximum atomic E-state index is 12.3. The van der Waals surface area contributed by atoms with E-state index in [1.807, 2.05) is 29.6 Å². The maximum absolute atomic E-state index is 12.3. The summed E-state index contributed by atoms with van der Waals surface area (Å²) in [5.41, 5.74) is 4.05. The Morgan fingerprint density at radius 1 is 1.17 bits per heavy atom. The Bertz CT molecular complexity index is 1000. The summed E-state index contributed by atoms with van der Waals surface area (Å²) in [6.45, 7) is 4.87. The normalized spacial score (nSPS) is 14.6. The second kappa shape index (κ2) is 10.2. The van der Waals surface area contributed by atoms with Gasteiger partial charge in [0.1, 0.15) is 5.01 Å². The first kappa shape index (κ1) is 21.0. The van der Waals surface area contributed by atoms with Gasteiger partial charge < -0.3 is 10.1 Å². The number of thiazole rings is 1. The van der Waals surface area contributed by atoms with Gasteiger partial charge in [-0.3, -0.25) is 9.69 Å². The lowest BCUT2D eigenvalue weighted by molar-refractivity contribution is -0.120. The van der Waals surface area contributed by atoms with Crippen LogP contribution in [0, 0.1) is 0 Å². The standard InChI is InChI=1S/C23H24ClN3O2S/c24-21-7-2-1-5-19(21)14-25-22(28)13-20-16-30-23(26-20)18-6-3-4-17(12-18)15-27-8-10-29-11-9-27/h1-7,12,16H,8-11,13-15H2,(H,25,28). The van der Waals surface area contributed by atoms with Gasteiger partial charge in [-0.25, -0.2) is 4.98 Å². The highest BCUT2D eigenvalue weighted by Gasteiger charge is 2.13. The molecule has 0 radical (unpaired) electrons. The van der Waals surface area contributed by atoms with Gasteiger partial charge in [-0.2, -0.15) is 0 Å². The Kier molecular flexibility index (Phi) is 7.12. The third-order valence-electron chi connectivity index (χ3n) is 5.01. The molecule has 1 aromatic heterocycles. The maximum Gasteiger partial charge on any atom is 0.226 e. The fourth-order valence-corrected chi connectivity index (χ4v) is 4.42. The van der Waals surface area contributed by atoms with E-state index in [9.17, 15) is 4.79 Å². The summed E-state index contributed by atoms with van der Waals surface area (Å²) in [5.74, 6) is -0.0622. The number of nitrogens with one attached hydrogen (secondary N) is 1. The highest BCUT2D eigenvalue weighted by Crippen LogP contribution is 2.25. The minimum absolute atomic E-state index is 0.0622. The van der Waals surface area contributed by atoms with E-state index in [1.165, 1.54) is 5.56 Å². The zero-order valence-electron chi connectivity index (χ0n) is 16.6. The number of morpholine rings is 1. The van der Waals surface area contributed by atoms with Crippen molar-refractivity contribution >= 4 is 28.8 Å². The molecule has 30 heavy (non-hydrogen) atoms. The van der Waals surface area contributed by atoms with Crippen molar-refractivity contribution in [3.05, 3.63) is 75.8 Å². The van der Waals surface area contributed by atoms with E-state index in [-0.39, 0.29) is 12.3 Å². The van der Waals surface area contributed by atoms with Gasteiger partial charge in [0.2, 0.25) is 5.91 Å². The van der Waals surface area contributed by atoms with Crippen LogP contribution < -0.4 is 5.32 Å². The second-order valence-corrected chi connectivity index (χ2v) is 8.54. The predicted octanol–water partition coefficient (Wildman–Crippen LogP) is 4.15. The molecule has 156 valence electrons. The fourth-order valence-electron chi connectivity index (χ4n) is 3.40. The lowest BCUT2D eigenvalue weighted by atomic mass is 10.1. The van der Waals surface area contributed by atoms with Gasteiger partial charge in [-0.15, -0.1) is 11.3 Å². The van der Waals surface area contributed by atoms with E-state index in [4.69, 9.17) is 16.3 Å². The van der Waals surface area contributed by atoms with Crippen LogP contribution in [-0.2, 0) is 29.0 Å². The predicted molar refractivity (Wildman–Crippen MR) is 121 cm³/mol. The molecule has 0 aliphatic carbocycles. The zero-order valence-corrected chi connectivity index (χ0v) is 18.2. The number of benzene rings is 2. The number of hydrogen-bond donors (Lipinski definition) is 1. The van der Waals surface area contributed by atoms with Crippen LogP contribution in [0.2, 0.25) is 5.02 Å². The number of amides is 1. The van der Waals surface area contributed by atoms with Gasteiger partial charge in [0.05, 0.1) is 25.3 Å². The minimum Gasteiger partial charge on any atom is -0.379 e. The number of carbonyl (C=O) groups excluding carboxylic acids is 1. The van der Waals surface area contributed by atoms with Crippen LogP contribution in [0.25, 0.3) is 10.6 Å². The Labute approximate surface area is 185 Å². The highest BCUT2D eigenvalue weighted by molar-refractivity contribution is 7.13. The number of ether oxygens (including phenoxy) is 1. The molecule has 1 fully saturated rings. The Morgan fingerprint density at radius 3 is 2.83 bits per heavy atom. The molecule has 5 nitrogen and oxygen atoms in total. The Hall–Kier alpha value is -2.25. The molecule has 1 amide bonds. The number of nitrogens with zero attached hydrogens (tertiary/aromatic N) is 2. The molecule has 3 aromatic rings. The van der Waals surface area contributed by atoms with Crippen molar-refractivity contribution in [2.45, 2.75) is 19.5 Å². The summed E-state index contributed by atoms with van der Waals surface area (Å²) in [7, 11) is 0. The summed E-state index contributed by atoms with van der Waals surface area (Å²) in [6, 6.07) is 16.0. The van der Waals surface area contributed by atoms with Crippen molar-refractivity contribution in [1.29, 1.82) is 0 Å². The van der Waals surface area contributed by atoms with Gasteiger partial charge in [0.25, 0.3) is 0 Å². The molecule has 1 N–H and O–H groups in total. The number of aromatic nitrogens is 1. The molecule has 1 saturated heterocycles. The first-order valence-electron chi connectivity index (χ1n) is 10.0. The van der Waals surface area contributed by atoms with Crippen LogP contribution in [0.3, 0.4) is 0 Å². The smallest absolute Gasteiger partial charge is 0.226 e. The van der Waals surface area contributed by atoms with E-state index in [0.717, 1.165) is 54.7 Å². The number of rotatable bonds is 7. The lowest BCUT2D eigenvalue weighted by Gasteiger charge is -2.26. The molecule has 2 aromatic carbocycles. The molecule has 0 unspecified atom stereocenters. The topological polar surface area (TPSA) is 54.5 Å². The second-order valence-electron chi connectivity index (χ2n) is 7.28. The van der Waals surface area contributed by atoms with Crippen molar-refractivity contribution in [1.82, 2.24) is 15.2 Å². The van der Waals surface area contributed by atoms with Gasteiger partial charge in [-0.05, 0) is 23.3 Å². The van der Waals surface area contributed by atoms with E-state index in [1.54, 1.807) is 11.3 Å². The molecular formula is C23H24ClN3O2S. The largest absolute Gasteiger partial charge is 0.379 e. The Morgan fingerprint density at radius 2 is 2.00 bits per heavy atom. The van der Waals surface area contributed by atoms with Crippen LogP contribution >= 0.6 is 22.9 Å². The van der Waals surface area contributed by atoms with E-state index < -0.39 is 0 Å². The molecule has 0 bridgehead atoms. The molecule has 0 spiro atoms. The van der Waals surface area contributed by atoms with Crippen LogP contribution in [0.1, 0.15) is 16.8 Å². The monoisotopic (exact) mass is 441 g/mol. The first-order valence-corrected chi connectivity index (χ1v) is 11.3. The molecule has 0 saturated carbocycles. The SMILES string of the molecule is O=C(Cc1csc(-c2cccc(CN3CCOCC3)c2)n1)NCc1ccccc1Cl. The quantitative estimate of drug-likeness (QED) is 0.598. The fraction of sp³-hybridized carbons (Fsp3) is 0.304. The third kappa shape index (κ3) is 5.67. The number of halogens is 1.